The van der Waals surface area contributed by atoms with Crippen LogP contribution in [0.2, 0.25) is 5.02 Å². The molecule has 3 aromatic rings. The quantitative estimate of drug-likeness (QED) is 0.486. The van der Waals surface area contributed by atoms with Crippen LogP contribution in [-0.2, 0) is 19.3 Å². The van der Waals surface area contributed by atoms with Crippen molar-refractivity contribution >= 4 is 34.6 Å². The summed E-state index contributed by atoms with van der Waals surface area (Å²) in [6, 6.07) is 16.0. The third-order valence-corrected chi connectivity index (χ3v) is 4.87. The summed E-state index contributed by atoms with van der Waals surface area (Å²) in [6.07, 6.45) is -1.04. The molecule has 0 aliphatic heterocycles. The Morgan fingerprint density at radius 1 is 1.03 bits per heavy atom. The van der Waals surface area contributed by atoms with Crippen molar-refractivity contribution in [3.05, 3.63) is 94.8 Å². The fraction of sp³-hybridized carbons (Fsp3) is 0.143. The average molecular weight is 436 g/mol. The number of nitrogens with one attached hydrogen (secondary N) is 1. The van der Waals surface area contributed by atoms with Gasteiger partial charge >= 0.3 is 6.18 Å². The molecule has 0 spiro atoms. The van der Waals surface area contributed by atoms with Crippen molar-refractivity contribution in [1.82, 2.24) is 9.88 Å². The first-order valence-corrected chi connectivity index (χ1v) is 9.47. The normalized spacial score (nSPS) is 11.2. The van der Waals surface area contributed by atoms with Gasteiger partial charge in [0.2, 0.25) is 0 Å². The van der Waals surface area contributed by atoms with Crippen LogP contribution in [0.3, 0.4) is 0 Å². The van der Waals surface area contributed by atoms with Crippen molar-refractivity contribution in [2.45, 2.75) is 19.3 Å². The van der Waals surface area contributed by atoms with Crippen molar-refractivity contribution in [3.63, 3.8) is 0 Å². The van der Waals surface area contributed by atoms with E-state index >= 15 is 0 Å². The van der Waals surface area contributed by atoms with E-state index in [9.17, 15) is 13.2 Å². The molecule has 0 radical (unpaired) electrons. The molecule has 3 rings (SSSR count). The molecular formula is C21H17ClF3N3S. The van der Waals surface area contributed by atoms with Crippen LogP contribution in [0.1, 0.15) is 16.7 Å². The Kier molecular flexibility index (Phi) is 6.71. The van der Waals surface area contributed by atoms with Gasteiger partial charge in [-0.2, -0.15) is 13.2 Å². The number of rotatable bonds is 5. The Morgan fingerprint density at radius 3 is 2.52 bits per heavy atom. The van der Waals surface area contributed by atoms with Crippen LogP contribution < -0.4 is 5.32 Å². The molecule has 1 aromatic heterocycles. The van der Waals surface area contributed by atoms with Crippen molar-refractivity contribution in [2.24, 2.45) is 0 Å². The average Bonchev–Trinajstić information content (AvgIpc) is 2.69. The molecule has 0 unspecified atom stereocenters. The Bertz CT molecular complexity index is 980. The first-order valence-electron chi connectivity index (χ1n) is 8.68. The molecule has 0 saturated heterocycles. The summed E-state index contributed by atoms with van der Waals surface area (Å²) in [6.45, 7) is 0.809. The molecule has 0 fully saturated rings. The van der Waals surface area contributed by atoms with E-state index in [1.807, 2.05) is 35.2 Å². The second-order valence-electron chi connectivity index (χ2n) is 6.32. The lowest BCUT2D eigenvalue weighted by Crippen LogP contribution is -2.34. The molecule has 0 amide bonds. The summed E-state index contributed by atoms with van der Waals surface area (Å²) in [5.74, 6) is 0. The molecule has 2 aromatic carbocycles. The highest BCUT2D eigenvalue weighted by atomic mass is 35.5. The topological polar surface area (TPSA) is 28.2 Å². The smallest absolute Gasteiger partial charge is 0.340 e. The Morgan fingerprint density at radius 2 is 1.83 bits per heavy atom. The number of thiocarbonyl (C=S) groups is 1. The fourth-order valence-electron chi connectivity index (χ4n) is 2.72. The number of alkyl halides is 3. The number of nitrogens with zero attached hydrogens (tertiary/aromatic N) is 2. The SMILES string of the molecule is FC(F)(F)c1cccc(NC(=S)N(Cc2cccnc2)Cc2ccccc2Cl)c1. The molecule has 3 nitrogen and oxygen atoms in total. The third kappa shape index (κ3) is 5.92. The van der Waals surface area contributed by atoms with Gasteiger partial charge in [0.25, 0.3) is 0 Å². The van der Waals surface area contributed by atoms with Crippen LogP contribution in [0.4, 0.5) is 18.9 Å². The maximum Gasteiger partial charge on any atom is 0.416 e. The number of aromatic nitrogens is 1. The predicted molar refractivity (Wildman–Crippen MR) is 113 cm³/mol. The largest absolute Gasteiger partial charge is 0.416 e. The lowest BCUT2D eigenvalue weighted by molar-refractivity contribution is -0.137. The van der Waals surface area contributed by atoms with E-state index in [-0.39, 0.29) is 10.8 Å². The van der Waals surface area contributed by atoms with Gasteiger partial charge in [-0.3, -0.25) is 4.98 Å². The van der Waals surface area contributed by atoms with Crippen molar-refractivity contribution in [2.75, 3.05) is 5.32 Å². The van der Waals surface area contributed by atoms with Gasteiger partial charge in [-0.1, -0.05) is 41.9 Å². The van der Waals surface area contributed by atoms with E-state index in [0.29, 0.717) is 18.1 Å². The van der Waals surface area contributed by atoms with Crippen LogP contribution in [0, 0.1) is 0 Å². The van der Waals surface area contributed by atoms with Crippen LogP contribution in [0.25, 0.3) is 0 Å². The highest BCUT2D eigenvalue weighted by Crippen LogP contribution is 2.30. The van der Waals surface area contributed by atoms with Crippen molar-refractivity contribution < 1.29 is 13.2 Å². The fourth-order valence-corrected chi connectivity index (χ4v) is 3.16. The first-order chi connectivity index (χ1) is 13.8. The molecule has 0 aliphatic rings. The molecule has 8 heteroatoms. The van der Waals surface area contributed by atoms with Gasteiger partial charge in [-0.05, 0) is 53.7 Å². The molecule has 0 aliphatic carbocycles. The summed E-state index contributed by atoms with van der Waals surface area (Å²) in [5.41, 5.74) is 1.29. The molecule has 0 saturated carbocycles. The molecule has 0 bridgehead atoms. The van der Waals surface area contributed by atoms with E-state index in [0.717, 1.165) is 23.3 Å². The number of pyridine rings is 1. The predicted octanol–water partition coefficient (Wildman–Crippen LogP) is 6.15. The maximum absolute atomic E-state index is 13.0. The van der Waals surface area contributed by atoms with Gasteiger partial charge in [0.1, 0.15) is 0 Å². The molecular weight excluding hydrogens is 419 g/mol. The van der Waals surface area contributed by atoms with Gasteiger partial charge < -0.3 is 10.2 Å². The van der Waals surface area contributed by atoms with Crippen LogP contribution >= 0.6 is 23.8 Å². The number of hydrogen-bond donors (Lipinski definition) is 1. The Balaban J connectivity index is 1.83. The Labute approximate surface area is 177 Å². The summed E-state index contributed by atoms with van der Waals surface area (Å²) in [5, 5.41) is 3.78. The standard InChI is InChI=1S/C21H17ClF3N3S/c22-19-9-2-1-6-16(19)14-28(13-15-5-4-10-26-12-15)20(29)27-18-8-3-7-17(11-18)21(23,24)25/h1-12H,13-14H2,(H,27,29). The van der Waals surface area contributed by atoms with Crippen LogP contribution in [0.15, 0.2) is 73.1 Å². The molecule has 29 heavy (non-hydrogen) atoms. The van der Waals surface area contributed by atoms with Gasteiger partial charge in [-0.15, -0.1) is 0 Å². The lowest BCUT2D eigenvalue weighted by Gasteiger charge is -2.26. The summed E-state index contributed by atoms with van der Waals surface area (Å²) >= 11 is 11.8. The minimum Gasteiger partial charge on any atom is -0.340 e. The zero-order chi connectivity index (χ0) is 20.9. The van der Waals surface area contributed by atoms with E-state index in [2.05, 4.69) is 10.3 Å². The molecule has 0 atom stereocenters. The van der Waals surface area contributed by atoms with E-state index in [1.165, 1.54) is 6.07 Å². The zero-order valence-electron chi connectivity index (χ0n) is 15.2. The number of hydrogen-bond acceptors (Lipinski definition) is 2. The van der Waals surface area contributed by atoms with E-state index < -0.39 is 11.7 Å². The second-order valence-corrected chi connectivity index (χ2v) is 7.11. The molecule has 1 heterocycles. The monoisotopic (exact) mass is 435 g/mol. The van der Waals surface area contributed by atoms with E-state index in [1.54, 1.807) is 24.5 Å². The minimum absolute atomic E-state index is 0.264. The van der Waals surface area contributed by atoms with Crippen LogP contribution in [-0.4, -0.2) is 15.0 Å². The van der Waals surface area contributed by atoms with Crippen LogP contribution in [0.5, 0.6) is 0 Å². The number of halogens is 4. The number of anilines is 1. The minimum atomic E-state index is -4.42. The second kappa shape index (κ2) is 9.24. The molecule has 150 valence electrons. The van der Waals surface area contributed by atoms with Gasteiger partial charge in [0.05, 0.1) is 5.56 Å². The van der Waals surface area contributed by atoms with Gasteiger partial charge in [-0.25, -0.2) is 0 Å². The lowest BCUT2D eigenvalue weighted by atomic mass is 10.2. The summed E-state index contributed by atoms with van der Waals surface area (Å²) in [7, 11) is 0. The van der Waals surface area contributed by atoms with Gasteiger partial charge in [0, 0.05) is 36.2 Å². The van der Waals surface area contributed by atoms with Crippen molar-refractivity contribution in [1.29, 1.82) is 0 Å². The van der Waals surface area contributed by atoms with Crippen molar-refractivity contribution in [3.8, 4) is 0 Å². The Hall–Kier alpha value is -2.64. The summed E-state index contributed by atoms with van der Waals surface area (Å²) in [4.78, 5) is 5.93. The summed E-state index contributed by atoms with van der Waals surface area (Å²) < 4.78 is 39.0. The van der Waals surface area contributed by atoms with Gasteiger partial charge in [0.15, 0.2) is 5.11 Å². The highest BCUT2D eigenvalue weighted by molar-refractivity contribution is 7.80. The molecule has 1 N–H and O–H groups in total. The highest BCUT2D eigenvalue weighted by Gasteiger charge is 2.30. The third-order valence-electron chi connectivity index (χ3n) is 4.14. The number of benzene rings is 2. The van der Waals surface area contributed by atoms with E-state index in [4.69, 9.17) is 23.8 Å². The first kappa shape index (κ1) is 21.1. The zero-order valence-corrected chi connectivity index (χ0v) is 16.7. The maximum atomic E-state index is 13.0.